The minimum absolute atomic E-state index is 0.184. The molecule has 0 aliphatic heterocycles. The Hall–Kier alpha value is -2.64. The lowest BCUT2D eigenvalue weighted by molar-refractivity contribution is -0.116. The van der Waals surface area contributed by atoms with E-state index >= 15 is 0 Å². The third-order valence-electron chi connectivity index (χ3n) is 4.03. The Morgan fingerprint density at radius 1 is 1.18 bits per heavy atom. The van der Waals surface area contributed by atoms with Gasteiger partial charge in [0.05, 0.1) is 11.8 Å². The molecule has 1 aromatic heterocycles. The molecule has 2 aromatic carbocycles. The minimum Gasteiger partial charge on any atom is -0.491 e. The zero-order valence-electron chi connectivity index (χ0n) is 15.7. The van der Waals surface area contributed by atoms with Crippen LogP contribution >= 0.6 is 11.8 Å². The molecule has 0 amide bonds. The van der Waals surface area contributed by atoms with Crippen LogP contribution in [0.5, 0.6) is 5.75 Å². The second-order valence-electron chi connectivity index (χ2n) is 6.43. The van der Waals surface area contributed by atoms with Crippen molar-refractivity contribution in [3.05, 3.63) is 66.5 Å². The highest BCUT2D eigenvalue weighted by Crippen LogP contribution is 2.17. The Morgan fingerprint density at radius 3 is 2.64 bits per heavy atom. The van der Waals surface area contributed by atoms with Gasteiger partial charge in [0, 0.05) is 12.2 Å². The maximum absolute atomic E-state index is 11.0. The van der Waals surface area contributed by atoms with Gasteiger partial charge in [-0.2, -0.15) is 0 Å². The molecule has 0 fully saturated rings. The fraction of sp³-hybridized carbons (Fsp3) is 0.286. The van der Waals surface area contributed by atoms with Gasteiger partial charge in [-0.25, -0.2) is 9.67 Å². The van der Waals surface area contributed by atoms with E-state index in [-0.39, 0.29) is 12.4 Å². The highest BCUT2D eigenvalue weighted by atomic mass is 32.2. The van der Waals surface area contributed by atoms with Gasteiger partial charge in [-0.1, -0.05) is 42.1 Å². The van der Waals surface area contributed by atoms with Crippen LogP contribution in [0.4, 0.5) is 0 Å². The number of nitrogens with zero attached hydrogens (tertiary/aromatic N) is 3. The molecule has 0 saturated heterocycles. The minimum atomic E-state index is -0.633. The van der Waals surface area contributed by atoms with Gasteiger partial charge in [-0.3, -0.25) is 0 Å². The number of aromatic nitrogens is 3. The lowest BCUT2D eigenvalue weighted by atomic mass is 10.1. The molecule has 3 rings (SSSR count). The van der Waals surface area contributed by atoms with E-state index in [1.807, 2.05) is 54.6 Å². The number of benzene rings is 2. The summed E-state index contributed by atoms with van der Waals surface area (Å²) in [5, 5.41) is 15.2. The van der Waals surface area contributed by atoms with Crippen molar-refractivity contribution >= 4 is 17.5 Å². The van der Waals surface area contributed by atoms with Crippen molar-refractivity contribution < 1.29 is 14.6 Å². The van der Waals surface area contributed by atoms with Crippen LogP contribution in [-0.4, -0.2) is 44.1 Å². The molecule has 0 aliphatic carbocycles. The predicted molar refractivity (Wildman–Crippen MR) is 109 cm³/mol. The molecule has 3 aromatic rings. The lowest BCUT2D eigenvalue weighted by Gasteiger charge is -2.11. The number of hydrogen-bond acceptors (Lipinski definition) is 6. The maximum atomic E-state index is 11.0. The Balaban J connectivity index is 1.42. The van der Waals surface area contributed by atoms with Crippen LogP contribution in [0, 0.1) is 0 Å². The number of hydrogen-bond donors (Lipinski definition) is 1. The van der Waals surface area contributed by atoms with E-state index in [0.717, 1.165) is 17.7 Å². The summed E-state index contributed by atoms with van der Waals surface area (Å²) in [6.45, 7) is 1.79. The number of ether oxygens (including phenoxy) is 1. The summed E-state index contributed by atoms with van der Waals surface area (Å²) in [5.41, 5.74) is 2.04. The fourth-order valence-electron chi connectivity index (χ4n) is 2.50. The van der Waals surface area contributed by atoms with E-state index < -0.39 is 6.10 Å². The summed E-state index contributed by atoms with van der Waals surface area (Å²) >= 11 is 1.39. The van der Waals surface area contributed by atoms with Gasteiger partial charge in [-0.05, 0) is 43.2 Å². The molecular weight excluding hydrogens is 374 g/mol. The van der Waals surface area contributed by atoms with E-state index in [1.165, 1.54) is 11.8 Å². The number of carbonyl (C=O) groups is 1. The molecule has 0 aliphatic rings. The largest absolute Gasteiger partial charge is 0.491 e. The average molecular weight is 398 g/mol. The predicted octanol–water partition coefficient (Wildman–Crippen LogP) is 3.32. The fourth-order valence-corrected chi connectivity index (χ4v) is 3.21. The van der Waals surface area contributed by atoms with Crippen molar-refractivity contribution in [1.82, 2.24) is 14.8 Å². The second-order valence-corrected chi connectivity index (χ2v) is 7.42. The molecule has 0 saturated carbocycles. The summed E-state index contributed by atoms with van der Waals surface area (Å²) in [5.74, 6) is 1.32. The molecule has 1 atom stereocenters. The Bertz CT molecular complexity index is 881. The quantitative estimate of drug-likeness (QED) is 0.529. The molecular formula is C21H23N3O3S. The van der Waals surface area contributed by atoms with Gasteiger partial charge in [-0.15, -0.1) is 5.10 Å². The number of Topliss-reactive ketones (excluding diaryl/α,β-unsaturated/α-hetero) is 1. The number of thioether (sulfide) groups is 1. The summed E-state index contributed by atoms with van der Waals surface area (Å²) in [4.78, 5) is 15.3. The van der Waals surface area contributed by atoms with Crippen LogP contribution < -0.4 is 4.74 Å². The Kier molecular flexibility index (Phi) is 7.22. The molecule has 0 spiro atoms. The maximum Gasteiger partial charge on any atom is 0.208 e. The van der Waals surface area contributed by atoms with Crippen molar-refractivity contribution in [2.75, 3.05) is 12.4 Å². The molecule has 1 heterocycles. The van der Waals surface area contributed by atoms with Gasteiger partial charge in [0.25, 0.3) is 0 Å². The zero-order chi connectivity index (χ0) is 19.8. The van der Waals surface area contributed by atoms with Crippen molar-refractivity contribution in [2.45, 2.75) is 31.0 Å². The lowest BCUT2D eigenvalue weighted by Crippen LogP contribution is -2.20. The van der Waals surface area contributed by atoms with Crippen molar-refractivity contribution in [1.29, 1.82) is 0 Å². The molecule has 6 nitrogen and oxygen atoms in total. The standard InChI is InChI=1S/C21H23N3O3S/c1-16(25)7-8-17-9-11-20(12-10-17)27-13-19(26)14-28-21-22-15-24(23-21)18-5-3-2-4-6-18/h2-6,9-12,15,19,26H,7-8,13-14H2,1H3. The van der Waals surface area contributed by atoms with Gasteiger partial charge < -0.3 is 14.6 Å². The van der Waals surface area contributed by atoms with E-state index in [0.29, 0.717) is 23.1 Å². The van der Waals surface area contributed by atoms with E-state index in [4.69, 9.17) is 4.74 Å². The smallest absolute Gasteiger partial charge is 0.208 e. The van der Waals surface area contributed by atoms with Crippen LogP contribution in [0.3, 0.4) is 0 Å². The molecule has 0 radical (unpaired) electrons. The van der Waals surface area contributed by atoms with E-state index in [2.05, 4.69) is 10.1 Å². The summed E-state index contributed by atoms with van der Waals surface area (Å²) < 4.78 is 7.34. The first-order valence-electron chi connectivity index (χ1n) is 9.09. The topological polar surface area (TPSA) is 77.2 Å². The van der Waals surface area contributed by atoms with Crippen LogP contribution in [-0.2, 0) is 11.2 Å². The molecule has 0 bridgehead atoms. The molecule has 1 unspecified atom stereocenters. The molecule has 28 heavy (non-hydrogen) atoms. The average Bonchev–Trinajstić information content (AvgIpc) is 3.20. The first kappa shape index (κ1) is 20.1. The molecule has 7 heteroatoms. The van der Waals surface area contributed by atoms with Gasteiger partial charge in [0.15, 0.2) is 0 Å². The Morgan fingerprint density at radius 2 is 1.93 bits per heavy atom. The van der Waals surface area contributed by atoms with E-state index in [9.17, 15) is 9.90 Å². The number of rotatable bonds is 10. The van der Waals surface area contributed by atoms with Gasteiger partial charge in [0.1, 0.15) is 24.5 Å². The number of aryl methyl sites for hydroxylation is 1. The van der Waals surface area contributed by atoms with Crippen LogP contribution in [0.15, 0.2) is 66.1 Å². The van der Waals surface area contributed by atoms with Crippen molar-refractivity contribution in [2.24, 2.45) is 0 Å². The first-order valence-corrected chi connectivity index (χ1v) is 10.1. The molecule has 1 N–H and O–H groups in total. The summed E-state index contributed by atoms with van der Waals surface area (Å²) in [6.07, 6.45) is 2.31. The van der Waals surface area contributed by atoms with Crippen LogP contribution in [0.2, 0.25) is 0 Å². The normalized spacial score (nSPS) is 11.9. The number of para-hydroxylation sites is 1. The SMILES string of the molecule is CC(=O)CCc1ccc(OCC(O)CSc2ncn(-c3ccccc3)n2)cc1. The summed E-state index contributed by atoms with van der Waals surface area (Å²) in [6, 6.07) is 17.4. The number of ketones is 1. The third kappa shape index (κ3) is 6.21. The van der Waals surface area contributed by atoms with Gasteiger partial charge >= 0.3 is 0 Å². The van der Waals surface area contributed by atoms with Crippen molar-refractivity contribution in [3.63, 3.8) is 0 Å². The van der Waals surface area contributed by atoms with E-state index in [1.54, 1.807) is 17.9 Å². The number of carbonyl (C=O) groups excluding carboxylic acids is 1. The highest BCUT2D eigenvalue weighted by Gasteiger charge is 2.10. The number of aliphatic hydroxyl groups excluding tert-OH is 1. The molecule has 146 valence electrons. The Labute approximate surface area is 168 Å². The third-order valence-corrected chi connectivity index (χ3v) is 5.02. The monoisotopic (exact) mass is 397 g/mol. The zero-order valence-corrected chi connectivity index (χ0v) is 16.5. The number of aliphatic hydroxyl groups is 1. The van der Waals surface area contributed by atoms with Crippen molar-refractivity contribution in [3.8, 4) is 11.4 Å². The first-order chi connectivity index (χ1) is 13.6. The second kappa shape index (κ2) is 10.1. The van der Waals surface area contributed by atoms with Crippen LogP contribution in [0.1, 0.15) is 18.9 Å². The van der Waals surface area contributed by atoms with Crippen LogP contribution in [0.25, 0.3) is 5.69 Å². The summed E-state index contributed by atoms with van der Waals surface area (Å²) in [7, 11) is 0. The highest BCUT2D eigenvalue weighted by molar-refractivity contribution is 7.99. The van der Waals surface area contributed by atoms with Gasteiger partial charge in [0.2, 0.25) is 5.16 Å².